The van der Waals surface area contributed by atoms with Gasteiger partial charge in [0.1, 0.15) is 6.23 Å². The van der Waals surface area contributed by atoms with Crippen LogP contribution in [0.5, 0.6) is 0 Å². The van der Waals surface area contributed by atoms with Crippen molar-refractivity contribution in [3.63, 3.8) is 0 Å². The number of fused-ring (bicyclic) bond motifs is 1. The number of rotatable bonds is 6. The van der Waals surface area contributed by atoms with Crippen molar-refractivity contribution in [2.45, 2.75) is 57.8 Å². The third kappa shape index (κ3) is 5.21. The van der Waals surface area contributed by atoms with Crippen molar-refractivity contribution in [3.05, 3.63) is 76.4 Å². The second kappa shape index (κ2) is 10.2. The minimum atomic E-state index is -0.624. The monoisotopic (exact) mass is 462 g/mol. The Labute approximate surface area is 200 Å². The number of benzene rings is 2. The fourth-order valence-electron chi connectivity index (χ4n) is 5.09. The van der Waals surface area contributed by atoms with Crippen LogP contribution in [0, 0.1) is 5.92 Å². The van der Waals surface area contributed by atoms with Gasteiger partial charge in [0.05, 0.1) is 11.4 Å². The average molecular weight is 463 g/mol. The maximum atomic E-state index is 10.8. The maximum Gasteiger partial charge on any atom is 0.225 e. The standard InChI is InChI=1S/C27H31ClN4O/c28-23-14-8-7-13-21(23)25-22-18-32(17-19-9-3-1-4-10-19)16-15-24(22)29-27(30-25)31-26(33)20-11-5-2-6-12-20/h1,3-4,7-10,13-14,20,26,33H,2,5-6,11-12,15-18H2,(H,29,30,31). The van der Waals surface area contributed by atoms with Crippen molar-refractivity contribution in [1.29, 1.82) is 0 Å². The fraction of sp³-hybridized carbons (Fsp3) is 0.407. The van der Waals surface area contributed by atoms with Gasteiger partial charge in [-0.3, -0.25) is 4.90 Å². The molecule has 1 unspecified atom stereocenters. The molecule has 2 heterocycles. The Balaban J connectivity index is 1.45. The predicted molar refractivity (Wildman–Crippen MR) is 133 cm³/mol. The molecule has 3 aromatic rings. The summed E-state index contributed by atoms with van der Waals surface area (Å²) in [6.45, 7) is 2.60. The van der Waals surface area contributed by atoms with Gasteiger partial charge in [0.15, 0.2) is 0 Å². The first-order valence-corrected chi connectivity index (χ1v) is 12.4. The van der Waals surface area contributed by atoms with Gasteiger partial charge in [0, 0.05) is 48.1 Å². The zero-order valence-corrected chi connectivity index (χ0v) is 19.6. The number of aliphatic hydroxyl groups is 1. The van der Waals surface area contributed by atoms with E-state index < -0.39 is 6.23 Å². The molecule has 0 amide bonds. The molecule has 33 heavy (non-hydrogen) atoms. The van der Waals surface area contributed by atoms with Crippen LogP contribution in [0.1, 0.15) is 48.9 Å². The van der Waals surface area contributed by atoms with Crippen LogP contribution >= 0.6 is 11.6 Å². The van der Waals surface area contributed by atoms with E-state index in [-0.39, 0.29) is 5.92 Å². The summed E-state index contributed by atoms with van der Waals surface area (Å²) >= 11 is 6.60. The van der Waals surface area contributed by atoms with Crippen LogP contribution in [0.3, 0.4) is 0 Å². The smallest absolute Gasteiger partial charge is 0.225 e. The fourth-order valence-corrected chi connectivity index (χ4v) is 5.31. The molecule has 2 aromatic carbocycles. The molecule has 5 nitrogen and oxygen atoms in total. The lowest BCUT2D eigenvalue weighted by Gasteiger charge is -2.31. The third-order valence-corrected chi connectivity index (χ3v) is 7.22. The Kier molecular flexibility index (Phi) is 6.91. The second-order valence-corrected chi connectivity index (χ2v) is 9.64. The van der Waals surface area contributed by atoms with E-state index in [9.17, 15) is 5.11 Å². The van der Waals surface area contributed by atoms with Gasteiger partial charge in [0.25, 0.3) is 0 Å². The van der Waals surface area contributed by atoms with Gasteiger partial charge in [-0.15, -0.1) is 0 Å². The van der Waals surface area contributed by atoms with E-state index in [1.165, 1.54) is 24.8 Å². The second-order valence-electron chi connectivity index (χ2n) is 9.23. The van der Waals surface area contributed by atoms with E-state index in [4.69, 9.17) is 21.6 Å². The number of hydrogen-bond acceptors (Lipinski definition) is 5. The minimum Gasteiger partial charge on any atom is -0.373 e. The van der Waals surface area contributed by atoms with Crippen LogP contribution in [0.4, 0.5) is 5.95 Å². The number of nitrogens with zero attached hydrogens (tertiary/aromatic N) is 3. The lowest BCUT2D eigenvalue weighted by molar-refractivity contribution is 0.108. The van der Waals surface area contributed by atoms with E-state index >= 15 is 0 Å². The Hall–Kier alpha value is -2.47. The van der Waals surface area contributed by atoms with Crippen LogP contribution in [-0.4, -0.2) is 32.7 Å². The van der Waals surface area contributed by atoms with Crippen molar-refractivity contribution in [2.75, 3.05) is 11.9 Å². The Morgan fingerprint density at radius 2 is 1.76 bits per heavy atom. The molecular formula is C27H31ClN4O. The van der Waals surface area contributed by atoms with Crippen LogP contribution in [0.2, 0.25) is 5.02 Å². The third-order valence-electron chi connectivity index (χ3n) is 6.89. The van der Waals surface area contributed by atoms with Gasteiger partial charge in [-0.1, -0.05) is 79.4 Å². The summed E-state index contributed by atoms with van der Waals surface area (Å²) in [6, 6.07) is 18.4. The van der Waals surface area contributed by atoms with E-state index in [0.717, 1.165) is 61.4 Å². The number of nitrogens with one attached hydrogen (secondary N) is 1. The number of anilines is 1. The summed E-state index contributed by atoms with van der Waals surface area (Å²) in [5.74, 6) is 0.752. The van der Waals surface area contributed by atoms with Crippen molar-refractivity contribution in [3.8, 4) is 11.3 Å². The molecule has 1 aliphatic heterocycles. The summed E-state index contributed by atoms with van der Waals surface area (Å²) in [7, 11) is 0. The highest BCUT2D eigenvalue weighted by Crippen LogP contribution is 2.34. The largest absolute Gasteiger partial charge is 0.373 e. The average Bonchev–Trinajstić information content (AvgIpc) is 2.85. The number of aliphatic hydroxyl groups excluding tert-OH is 1. The zero-order valence-electron chi connectivity index (χ0n) is 18.9. The molecule has 0 radical (unpaired) electrons. The molecule has 0 saturated heterocycles. The molecule has 0 spiro atoms. The molecule has 1 fully saturated rings. The van der Waals surface area contributed by atoms with Crippen molar-refractivity contribution in [1.82, 2.24) is 14.9 Å². The first kappa shape index (κ1) is 22.3. The lowest BCUT2D eigenvalue weighted by atomic mass is 9.88. The quantitative estimate of drug-likeness (QED) is 0.462. The minimum absolute atomic E-state index is 0.253. The zero-order chi connectivity index (χ0) is 22.6. The molecule has 1 saturated carbocycles. The predicted octanol–water partition coefficient (Wildman–Crippen LogP) is 5.67. The molecule has 5 rings (SSSR count). The van der Waals surface area contributed by atoms with Crippen molar-refractivity contribution >= 4 is 17.5 Å². The molecule has 2 aliphatic rings. The number of halogens is 1. The van der Waals surface area contributed by atoms with E-state index in [1.54, 1.807) is 0 Å². The summed E-state index contributed by atoms with van der Waals surface area (Å²) < 4.78 is 0. The molecule has 6 heteroatoms. The molecule has 2 N–H and O–H groups in total. The first-order valence-electron chi connectivity index (χ1n) is 12.0. The van der Waals surface area contributed by atoms with Gasteiger partial charge in [-0.25, -0.2) is 9.97 Å². The SMILES string of the molecule is OC(Nc1nc2c(c(-c3ccccc3Cl)n1)CN(Cc1ccccc1)CC2)C1CCCCC1. The van der Waals surface area contributed by atoms with E-state index in [1.807, 2.05) is 24.3 Å². The van der Waals surface area contributed by atoms with Crippen LogP contribution in [0.15, 0.2) is 54.6 Å². The number of aromatic nitrogens is 2. The molecule has 1 atom stereocenters. The van der Waals surface area contributed by atoms with Crippen LogP contribution in [0.25, 0.3) is 11.3 Å². The van der Waals surface area contributed by atoms with Gasteiger partial charge >= 0.3 is 0 Å². The molecule has 1 aromatic heterocycles. The number of hydrogen-bond donors (Lipinski definition) is 2. The van der Waals surface area contributed by atoms with E-state index in [0.29, 0.717) is 11.0 Å². The Bertz CT molecular complexity index is 1080. The van der Waals surface area contributed by atoms with Gasteiger partial charge in [-0.05, 0) is 24.5 Å². The molecule has 0 bridgehead atoms. The molecule has 172 valence electrons. The van der Waals surface area contributed by atoms with Crippen molar-refractivity contribution in [2.24, 2.45) is 5.92 Å². The van der Waals surface area contributed by atoms with Gasteiger partial charge < -0.3 is 10.4 Å². The highest BCUT2D eigenvalue weighted by Gasteiger charge is 2.26. The first-order chi connectivity index (χ1) is 16.2. The lowest BCUT2D eigenvalue weighted by Crippen LogP contribution is -2.33. The highest BCUT2D eigenvalue weighted by molar-refractivity contribution is 6.33. The summed E-state index contributed by atoms with van der Waals surface area (Å²) in [4.78, 5) is 12.2. The maximum absolute atomic E-state index is 10.8. The van der Waals surface area contributed by atoms with Gasteiger partial charge in [0.2, 0.25) is 5.95 Å². The Morgan fingerprint density at radius 1 is 1.00 bits per heavy atom. The Morgan fingerprint density at radius 3 is 2.55 bits per heavy atom. The van der Waals surface area contributed by atoms with Crippen LogP contribution < -0.4 is 5.32 Å². The topological polar surface area (TPSA) is 61.3 Å². The van der Waals surface area contributed by atoms with Crippen LogP contribution in [-0.2, 0) is 19.5 Å². The normalized spacial score (nSPS) is 18.0. The molecular weight excluding hydrogens is 432 g/mol. The highest BCUT2D eigenvalue weighted by atomic mass is 35.5. The summed E-state index contributed by atoms with van der Waals surface area (Å²) in [5.41, 5.74) is 5.25. The van der Waals surface area contributed by atoms with Crippen molar-refractivity contribution < 1.29 is 5.11 Å². The summed E-state index contributed by atoms with van der Waals surface area (Å²) in [5, 5.41) is 14.7. The summed E-state index contributed by atoms with van der Waals surface area (Å²) in [6.07, 6.45) is 5.93. The van der Waals surface area contributed by atoms with E-state index in [2.05, 4.69) is 40.5 Å². The van der Waals surface area contributed by atoms with Gasteiger partial charge in [-0.2, -0.15) is 0 Å². The molecule has 1 aliphatic carbocycles.